The molecule has 0 bridgehead atoms. The molecule has 0 amide bonds. The highest BCUT2D eigenvalue weighted by Gasteiger charge is 2.49. The van der Waals surface area contributed by atoms with Gasteiger partial charge in [-0.2, -0.15) is 0 Å². The molecule has 1 aliphatic heterocycles. The highest BCUT2D eigenvalue weighted by molar-refractivity contribution is 7.99. The smallest absolute Gasteiger partial charge is 0.338 e. The predicted octanol–water partition coefficient (Wildman–Crippen LogP) is 5.88. The number of benzene rings is 1. The van der Waals surface area contributed by atoms with Crippen molar-refractivity contribution < 1.29 is 28.5 Å². The molecule has 1 fully saturated rings. The van der Waals surface area contributed by atoms with Crippen LogP contribution in [-0.4, -0.2) is 68.0 Å². The first-order valence-electron chi connectivity index (χ1n) is 13.0. The Morgan fingerprint density at radius 2 is 1.47 bits per heavy atom. The van der Waals surface area contributed by atoms with Gasteiger partial charge in [-0.1, -0.05) is 65.2 Å². The predicted molar refractivity (Wildman–Crippen MR) is 137 cm³/mol. The number of esters is 1. The summed E-state index contributed by atoms with van der Waals surface area (Å²) in [5, 5.41) is 0. The molecule has 2 unspecified atom stereocenters. The van der Waals surface area contributed by atoms with Gasteiger partial charge in [0, 0.05) is 19.8 Å². The molecule has 1 aromatic carbocycles. The van der Waals surface area contributed by atoms with Gasteiger partial charge in [0.05, 0.1) is 12.2 Å². The van der Waals surface area contributed by atoms with Crippen molar-refractivity contribution in [1.82, 2.24) is 0 Å². The van der Waals surface area contributed by atoms with E-state index < -0.39 is 12.2 Å². The summed E-state index contributed by atoms with van der Waals surface area (Å²) < 4.78 is 31.3. The summed E-state index contributed by atoms with van der Waals surface area (Å²) >= 11 is 1.63. The molecule has 5 atom stereocenters. The first-order valence-corrected chi connectivity index (χ1v) is 14.0. The summed E-state index contributed by atoms with van der Waals surface area (Å²) in [5.41, 5.74) is 0.165. The highest BCUT2D eigenvalue weighted by atomic mass is 32.2. The Hall–Kier alpha value is -1.12. The molecule has 34 heavy (non-hydrogen) atoms. The van der Waals surface area contributed by atoms with E-state index in [1.807, 2.05) is 18.2 Å². The molecule has 0 spiro atoms. The summed E-state index contributed by atoms with van der Waals surface area (Å²) in [5.74, 6) is 0.459. The van der Waals surface area contributed by atoms with Crippen LogP contribution >= 0.6 is 11.8 Å². The zero-order chi connectivity index (χ0) is 24.6. The molecule has 0 saturated carbocycles. The van der Waals surface area contributed by atoms with Crippen LogP contribution in [0, 0.1) is 0 Å². The van der Waals surface area contributed by atoms with Crippen molar-refractivity contribution in [1.29, 1.82) is 0 Å². The van der Waals surface area contributed by atoms with Crippen LogP contribution in [0.2, 0.25) is 0 Å². The minimum atomic E-state index is -0.576. The molecular formula is C27H44O6S. The molecule has 0 N–H and O–H groups in total. The fourth-order valence-electron chi connectivity index (χ4n) is 3.77. The Morgan fingerprint density at radius 1 is 0.853 bits per heavy atom. The molecule has 1 aromatic rings. The van der Waals surface area contributed by atoms with Crippen molar-refractivity contribution in [2.75, 3.05) is 32.2 Å². The Bertz CT molecular complexity index is 658. The van der Waals surface area contributed by atoms with Gasteiger partial charge in [-0.05, 0) is 37.1 Å². The van der Waals surface area contributed by atoms with Gasteiger partial charge < -0.3 is 23.7 Å². The normalized spacial score (nSPS) is 24.8. The van der Waals surface area contributed by atoms with Crippen LogP contribution in [0.1, 0.15) is 76.6 Å². The molecule has 7 heteroatoms. The Kier molecular flexibility index (Phi) is 14.8. The number of hydrogen-bond donors (Lipinski definition) is 0. The maximum atomic E-state index is 13.0. The molecule has 6 nitrogen and oxygen atoms in total. The summed E-state index contributed by atoms with van der Waals surface area (Å²) in [4.78, 5) is 13.0. The quantitative estimate of drug-likeness (QED) is 0.197. The summed E-state index contributed by atoms with van der Waals surface area (Å²) in [6.07, 6.45) is 4.38. The van der Waals surface area contributed by atoms with E-state index >= 15 is 0 Å². The van der Waals surface area contributed by atoms with Crippen molar-refractivity contribution in [2.24, 2.45) is 0 Å². The third-order valence-corrected chi connectivity index (χ3v) is 6.76. The van der Waals surface area contributed by atoms with E-state index in [2.05, 4.69) is 27.7 Å². The Labute approximate surface area is 210 Å². The second-order valence-corrected chi connectivity index (χ2v) is 9.92. The lowest BCUT2D eigenvalue weighted by atomic mass is 9.99. The van der Waals surface area contributed by atoms with Crippen molar-refractivity contribution in [3.05, 3.63) is 35.9 Å². The number of thioether (sulfide) groups is 1. The van der Waals surface area contributed by atoms with Gasteiger partial charge >= 0.3 is 5.97 Å². The van der Waals surface area contributed by atoms with Gasteiger partial charge in [0.15, 0.2) is 6.10 Å². The van der Waals surface area contributed by atoms with Gasteiger partial charge in [0.2, 0.25) is 0 Å². The summed E-state index contributed by atoms with van der Waals surface area (Å²) in [6.45, 7) is 10.8. The standard InChI is InChI=1S/C27H44O6S/c1-5-9-17-29-20-22-23(30-18-10-6-2)24(31-19-11-7-3)25(27(32-22)34-8-4)33-26(28)21-15-13-12-14-16-21/h12-16,22-25,27H,5-11,17-20H2,1-4H3/t22?,23-,24?,25-,27-/m1/s1. The van der Waals surface area contributed by atoms with E-state index in [1.54, 1.807) is 23.9 Å². The van der Waals surface area contributed by atoms with Crippen LogP contribution in [0.5, 0.6) is 0 Å². The molecule has 1 aliphatic rings. The number of carbonyl (C=O) groups excluding carboxylic acids is 1. The average molecular weight is 497 g/mol. The lowest BCUT2D eigenvalue weighted by molar-refractivity contribution is -0.237. The van der Waals surface area contributed by atoms with Gasteiger partial charge in [-0.15, -0.1) is 11.8 Å². The first-order chi connectivity index (χ1) is 16.7. The van der Waals surface area contributed by atoms with Crippen LogP contribution in [-0.2, 0) is 23.7 Å². The van der Waals surface area contributed by atoms with Crippen molar-refractivity contribution in [2.45, 2.75) is 96.1 Å². The maximum absolute atomic E-state index is 13.0. The molecule has 1 saturated heterocycles. The maximum Gasteiger partial charge on any atom is 0.338 e. The second kappa shape index (κ2) is 17.3. The highest BCUT2D eigenvalue weighted by Crippen LogP contribution is 2.34. The number of ether oxygens (including phenoxy) is 5. The number of rotatable bonds is 17. The van der Waals surface area contributed by atoms with Crippen LogP contribution in [0.25, 0.3) is 0 Å². The number of hydrogen-bond acceptors (Lipinski definition) is 7. The molecule has 194 valence electrons. The zero-order valence-corrected chi connectivity index (χ0v) is 22.2. The minimum absolute atomic E-state index is 0.281. The molecule has 0 radical (unpaired) electrons. The Morgan fingerprint density at radius 3 is 2.09 bits per heavy atom. The van der Waals surface area contributed by atoms with E-state index in [1.165, 1.54) is 0 Å². The molecule has 2 rings (SSSR count). The van der Waals surface area contributed by atoms with Crippen LogP contribution in [0.15, 0.2) is 30.3 Å². The zero-order valence-electron chi connectivity index (χ0n) is 21.4. The van der Waals surface area contributed by atoms with E-state index in [-0.39, 0.29) is 23.6 Å². The van der Waals surface area contributed by atoms with Crippen molar-refractivity contribution >= 4 is 17.7 Å². The lowest BCUT2D eigenvalue weighted by Crippen LogP contribution is -2.61. The summed E-state index contributed by atoms with van der Waals surface area (Å²) in [6, 6.07) is 9.08. The second-order valence-electron chi connectivity index (χ2n) is 8.54. The molecule has 0 aromatic heterocycles. The SMILES string of the molecule is CCCCOCC1O[C@H](SCC)[C@H](OC(=O)c2ccccc2)C(OCCCC)[C@@H]1OCCCC. The third-order valence-electron chi connectivity index (χ3n) is 5.72. The van der Waals surface area contributed by atoms with Gasteiger partial charge in [0.1, 0.15) is 23.7 Å². The van der Waals surface area contributed by atoms with Crippen molar-refractivity contribution in [3.63, 3.8) is 0 Å². The Balaban J connectivity index is 2.28. The monoisotopic (exact) mass is 496 g/mol. The fourth-order valence-corrected chi connectivity index (χ4v) is 4.72. The number of carbonyl (C=O) groups is 1. The van der Waals surface area contributed by atoms with Crippen LogP contribution in [0.4, 0.5) is 0 Å². The fraction of sp³-hybridized carbons (Fsp3) is 0.741. The van der Waals surface area contributed by atoms with Gasteiger partial charge in [-0.3, -0.25) is 0 Å². The topological polar surface area (TPSA) is 63.2 Å². The first kappa shape index (κ1) is 29.1. The average Bonchev–Trinajstić information content (AvgIpc) is 2.85. The molecule has 1 heterocycles. The third kappa shape index (κ3) is 9.50. The number of unbranched alkanes of at least 4 members (excludes halogenated alkanes) is 3. The lowest BCUT2D eigenvalue weighted by Gasteiger charge is -2.45. The van der Waals surface area contributed by atoms with E-state index in [4.69, 9.17) is 23.7 Å². The summed E-state index contributed by atoms with van der Waals surface area (Å²) in [7, 11) is 0. The van der Waals surface area contributed by atoms with Crippen LogP contribution in [0.3, 0.4) is 0 Å². The van der Waals surface area contributed by atoms with Gasteiger partial charge in [-0.25, -0.2) is 4.79 Å². The molecule has 0 aliphatic carbocycles. The van der Waals surface area contributed by atoms with Crippen LogP contribution < -0.4 is 0 Å². The van der Waals surface area contributed by atoms with E-state index in [0.29, 0.717) is 32.0 Å². The largest absolute Gasteiger partial charge is 0.452 e. The van der Waals surface area contributed by atoms with Crippen molar-refractivity contribution in [3.8, 4) is 0 Å². The molecular weight excluding hydrogens is 452 g/mol. The van der Waals surface area contributed by atoms with E-state index in [9.17, 15) is 4.79 Å². The van der Waals surface area contributed by atoms with E-state index in [0.717, 1.165) is 44.3 Å². The minimum Gasteiger partial charge on any atom is -0.452 e. The van der Waals surface area contributed by atoms with Gasteiger partial charge in [0.25, 0.3) is 0 Å².